The van der Waals surface area contributed by atoms with Crippen molar-refractivity contribution < 1.29 is 19.2 Å². The fourth-order valence-corrected chi connectivity index (χ4v) is 0.999. The topological polar surface area (TPSA) is 68.3 Å². The Labute approximate surface area is 89.8 Å². The lowest BCUT2D eigenvalue weighted by molar-refractivity contribution is -0.139. The van der Waals surface area contributed by atoms with E-state index in [4.69, 9.17) is 11.6 Å². The van der Waals surface area contributed by atoms with E-state index in [0.29, 0.717) is 0 Å². The molecule has 0 atom stereocenters. The molecule has 1 rings (SSSR count). The fourth-order valence-electron chi connectivity index (χ4n) is 0.913. The van der Waals surface area contributed by atoms with Gasteiger partial charge in [-0.25, -0.2) is 0 Å². The number of hydrogen-bond acceptors (Lipinski definition) is 4. The highest BCUT2D eigenvalue weighted by molar-refractivity contribution is 6.95. The van der Waals surface area contributed by atoms with Gasteiger partial charge in [0.1, 0.15) is 0 Å². The molecule has 76 valence electrons. The van der Waals surface area contributed by atoms with E-state index in [-0.39, 0.29) is 5.56 Å². The number of ketones is 3. The van der Waals surface area contributed by atoms with E-state index in [2.05, 4.69) is 0 Å². The highest BCUT2D eigenvalue weighted by atomic mass is 35.5. The average Bonchev–Trinajstić information content (AvgIpc) is 2.27. The summed E-state index contributed by atoms with van der Waals surface area (Å²) in [6.07, 6.45) is 0. The van der Waals surface area contributed by atoms with E-state index in [1.807, 2.05) is 0 Å². The summed E-state index contributed by atoms with van der Waals surface area (Å²) in [5.41, 5.74) is 0.0498. The second-order valence-corrected chi connectivity index (χ2v) is 2.97. The summed E-state index contributed by atoms with van der Waals surface area (Å²) in [5, 5.41) is -1.45. The highest BCUT2D eigenvalue weighted by Crippen LogP contribution is 2.02. The fraction of sp³-hybridized carbons (Fsp3) is 0. The molecular formula is C10H5ClO4. The Hall–Kier alpha value is -1.81. The van der Waals surface area contributed by atoms with Gasteiger partial charge in [0.2, 0.25) is 5.78 Å². The third kappa shape index (κ3) is 2.57. The van der Waals surface area contributed by atoms with Crippen LogP contribution in [0.3, 0.4) is 0 Å². The molecule has 0 bridgehead atoms. The standard InChI is InChI=1S/C10H5ClO4/c11-10(15)9(14)8(13)7(12)6-4-2-1-3-5-6/h1-5H. The second kappa shape index (κ2) is 4.61. The molecule has 0 radical (unpaired) electrons. The summed E-state index contributed by atoms with van der Waals surface area (Å²) >= 11 is 4.79. The molecule has 0 fully saturated rings. The number of rotatable bonds is 4. The van der Waals surface area contributed by atoms with Gasteiger partial charge in [-0.3, -0.25) is 19.2 Å². The van der Waals surface area contributed by atoms with Crippen molar-refractivity contribution in [1.82, 2.24) is 0 Å². The van der Waals surface area contributed by atoms with Crippen LogP contribution < -0.4 is 0 Å². The van der Waals surface area contributed by atoms with Crippen LogP contribution in [0.5, 0.6) is 0 Å². The Morgan fingerprint density at radius 1 is 0.867 bits per heavy atom. The van der Waals surface area contributed by atoms with Crippen molar-refractivity contribution in [1.29, 1.82) is 0 Å². The van der Waals surface area contributed by atoms with E-state index in [1.165, 1.54) is 24.3 Å². The van der Waals surface area contributed by atoms with E-state index < -0.39 is 22.6 Å². The monoisotopic (exact) mass is 224 g/mol. The van der Waals surface area contributed by atoms with E-state index in [1.54, 1.807) is 6.07 Å². The van der Waals surface area contributed by atoms with Gasteiger partial charge in [-0.05, 0) is 11.6 Å². The number of carbonyl (C=O) groups is 4. The van der Waals surface area contributed by atoms with Crippen molar-refractivity contribution in [2.24, 2.45) is 0 Å². The molecule has 0 unspecified atom stereocenters. The lowest BCUT2D eigenvalue weighted by Gasteiger charge is -1.95. The summed E-state index contributed by atoms with van der Waals surface area (Å²) in [6, 6.07) is 7.45. The number of halogens is 1. The molecule has 1 aromatic rings. The molecule has 4 nitrogen and oxygen atoms in total. The molecule has 15 heavy (non-hydrogen) atoms. The zero-order valence-electron chi connectivity index (χ0n) is 7.40. The Balaban J connectivity index is 2.93. The molecule has 0 aliphatic rings. The minimum Gasteiger partial charge on any atom is -0.285 e. The van der Waals surface area contributed by atoms with Crippen molar-refractivity contribution in [3.05, 3.63) is 35.9 Å². The van der Waals surface area contributed by atoms with Crippen LogP contribution in [0.2, 0.25) is 0 Å². The molecular weight excluding hydrogens is 220 g/mol. The Morgan fingerprint density at radius 2 is 1.40 bits per heavy atom. The quantitative estimate of drug-likeness (QED) is 0.328. The molecule has 0 amide bonds. The number of hydrogen-bond donors (Lipinski definition) is 0. The van der Waals surface area contributed by atoms with Gasteiger partial charge in [0.15, 0.2) is 0 Å². The largest absolute Gasteiger partial charge is 0.296 e. The third-order valence-corrected chi connectivity index (χ3v) is 1.80. The van der Waals surface area contributed by atoms with Gasteiger partial charge in [-0.1, -0.05) is 30.3 Å². The molecule has 0 N–H and O–H groups in total. The van der Waals surface area contributed by atoms with Gasteiger partial charge in [0.25, 0.3) is 16.8 Å². The molecule has 0 aromatic heterocycles. The molecule has 0 aliphatic carbocycles. The van der Waals surface area contributed by atoms with Crippen molar-refractivity contribution >= 4 is 34.2 Å². The molecule has 1 aromatic carbocycles. The number of Topliss-reactive ketones (excluding diaryl/α,β-unsaturated/α-hetero) is 3. The predicted octanol–water partition coefficient (Wildman–Crippen LogP) is 0.773. The van der Waals surface area contributed by atoms with Crippen LogP contribution >= 0.6 is 11.6 Å². The molecule has 0 aliphatic heterocycles. The highest BCUT2D eigenvalue weighted by Gasteiger charge is 2.28. The first kappa shape index (κ1) is 11.3. The summed E-state index contributed by atoms with van der Waals surface area (Å²) in [7, 11) is 0. The lowest BCUT2D eigenvalue weighted by Crippen LogP contribution is -2.27. The number of carbonyl (C=O) groups excluding carboxylic acids is 4. The average molecular weight is 225 g/mol. The van der Waals surface area contributed by atoms with E-state index in [9.17, 15) is 19.2 Å². The van der Waals surface area contributed by atoms with Gasteiger partial charge in [-0.15, -0.1) is 0 Å². The molecule has 0 heterocycles. The first-order chi connectivity index (χ1) is 7.04. The maximum atomic E-state index is 11.3. The van der Waals surface area contributed by atoms with Gasteiger partial charge in [0, 0.05) is 5.56 Å². The van der Waals surface area contributed by atoms with E-state index >= 15 is 0 Å². The molecule has 0 saturated heterocycles. The molecule has 5 heteroatoms. The Bertz CT molecular complexity index is 436. The van der Waals surface area contributed by atoms with Crippen LogP contribution in [0.4, 0.5) is 0 Å². The van der Waals surface area contributed by atoms with Gasteiger partial charge >= 0.3 is 0 Å². The van der Waals surface area contributed by atoms with Crippen molar-refractivity contribution in [2.75, 3.05) is 0 Å². The van der Waals surface area contributed by atoms with Crippen LogP contribution in [0.15, 0.2) is 30.3 Å². The molecule has 0 saturated carbocycles. The molecule has 0 spiro atoms. The summed E-state index contributed by atoms with van der Waals surface area (Å²) in [5.74, 6) is -3.96. The van der Waals surface area contributed by atoms with Crippen molar-refractivity contribution in [2.45, 2.75) is 0 Å². The minimum atomic E-state index is -1.51. The van der Waals surface area contributed by atoms with Crippen LogP contribution in [-0.4, -0.2) is 22.6 Å². The van der Waals surface area contributed by atoms with Gasteiger partial charge < -0.3 is 0 Å². The Morgan fingerprint density at radius 3 is 1.87 bits per heavy atom. The lowest BCUT2D eigenvalue weighted by atomic mass is 10.1. The first-order valence-corrected chi connectivity index (χ1v) is 4.29. The SMILES string of the molecule is O=C(Cl)C(=O)C(=O)C(=O)c1ccccc1. The van der Waals surface area contributed by atoms with Crippen LogP contribution in [0.1, 0.15) is 10.4 Å². The smallest absolute Gasteiger partial charge is 0.285 e. The second-order valence-electron chi connectivity index (χ2n) is 2.63. The Kier molecular flexibility index (Phi) is 3.46. The maximum Gasteiger partial charge on any atom is 0.296 e. The summed E-state index contributed by atoms with van der Waals surface area (Å²) in [6.45, 7) is 0. The van der Waals surface area contributed by atoms with Crippen LogP contribution in [0.25, 0.3) is 0 Å². The maximum absolute atomic E-state index is 11.3. The van der Waals surface area contributed by atoms with E-state index in [0.717, 1.165) is 0 Å². The predicted molar refractivity (Wildman–Crippen MR) is 51.6 cm³/mol. The van der Waals surface area contributed by atoms with Gasteiger partial charge in [0.05, 0.1) is 0 Å². The summed E-state index contributed by atoms with van der Waals surface area (Å²) in [4.78, 5) is 43.6. The zero-order valence-corrected chi connectivity index (χ0v) is 8.15. The normalized spacial score (nSPS) is 9.40. The van der Waals surface area contributed by atoms with Crippen molar-refractivity contribution in [3.8, 4) is 0 Å². The number of benzene rings is 1. The minimum absolute atomic E-state index is 0.0498. The first-order valence-electron chi connectivity index (χ1n) is 3.92. The summed E-state index contributed by atoms with van der Waals surface area (Å²) < 4.78 is 0. The van der Waals surface area contributed by atoms with Crippen molar-refractivity contribution in [3.63, 3.8) is 0 Å². The zero-order chi connectivity index (χ0) is 11.4. The van der Waals surface area contributed by atoms with Gasteiger partial charge in [-0.2, -0.15) is 0 Å². The van der Waals surface area contributed by atoms with Crippen LogP contribution in [-0.2, 0) is 14.4 Å². The van der Waals surface area contributed by atoms with Crippen LogP contribution in [0, 0.1) is 0 Å². The third-order valence-electron chi connectivity index (χ3n) is 1.63.